The Labute approximate surface area is 110 Å². The van der Waals surface area contributed by atoms with E-state index in [9.17, 15) is 4.55 Å². The molecule has 1 aliphatic carbocycles. The topological polar surface area (TPSA) is 53.2 Å². The van der Waals surface area contributed by atoms with Gasteiger partial charge in [-0.15, -0.1) is 0 Å². The standard InChI is InChI=1S/C12H13N3OS.CH4/c16-17-11-4-2-1-3-9(11)10-6-5-8-7-13-12(17)14-15(8)10;/h5-7,9,11H,1-4H2;1H4. The van der Waals surface area contributed by atoms with Crippen LogP contribution in [0.5, 0.6) is 0 Å². The van der Waals surface area contributed by atoms with E-state index in [1.165, 1.54) is 18.5 Å². The number of hydrogen-bond donors (Lipinski definition) is 0. The van der Waals surface area contributed by atoms with E-state index in [-0.39, 0.29) is 12.7 Å². The van der Waals surface area contributed by atoms with Crippen LogP contribution >= 0.6 is 0 Å². The predicted octanol–water partition coefficient (Wildman–Crippen LogP) is 2.51. The maximum atomic E-state index is 12.5. The summed E-state index contributed by atoms with van der Waals surface area (Å²) in [7, 11) is 0. The molecule has 2 bridgehead atoms. The predicted molar refractivity (Wildman–Crippen MR) is 71.1 cm³/mol. The van der Waals surface area contributed by atoms with Gasteiger partial charge in [-0.25, -0.2) is 4.52 Å². The molecule has 0 N–H and O–H groups in total. The van der Waals surface area contributed by atoms with Crippen molar-refractivity contribution in [3.63, 3.8) is 0 Å². The first-order valence-corrected chi connectivity index (χ1v) is 7.31. The van der Waals surface area contributed by atoms with E-state index in [1.54, 1.807) is 6.20 Å². The Kier molecular flexibility index (Phi) is 2.83. The molecule has 1 aliphatic heterocycles. The number of nitrogens with zero attached hydrogens (tertiary/aromatic N) is 3. The molecule has 0 amide bonds. The zero-order valence-corrected chi connectivity index (χ0v) is 10.2. The van der Waals surface area contributed by atoms with Crippen molar-refractivity contribution < 1.29 is 4.55 Å². The minimum absolute atomic E-state index is 0. The maximum absolute atomic E-state index is 12.5. The van der Waals surface area contributed by atoms with Crippen LogP contribution in [-0.2, 0) is 11.2 Å². The maximum Gasteiger partial charge on any atom is 0.360 e. The van der Waals surface area contributed by atoms with Gasteiger partial charge in [-0.05, 0) is 31.4 Å². The van der Waals surface area contributed by atoms with Crippen molar-refractivity contribution >= 4 is 16.7 Å². The Morgan fingerprint density at radius 3 is 3.00 bits per heavy atom. The molecule has 3 heterocycles. The molecule has 5 heteroatoms. The third kappa shape index (κ3) is 1.50. The van der Waals surface area contributed by atoms with Gasteiger partial charge in [0.15, 0.2) is 0 Å². The second-order valence-corrected chi connectivity index (χ2v) is 6.43. The van der Waals surface area contributed by atoms with Gasteiger partial charge in [0.1, 0.15) is 5.25 Å². The van der Waals surface area contributed by atoms with E-state index < -0.39 is 11.2 Å². The van der Waals surface area contributed by atoms with Crippen molar-refractivity contribution in [2.75, 3.05) is 0 Å². The van der Waals surface area contributed by atoms with Crippen LogP contribution in [0.1, 0.15) is 44.7 Å². The lowest BCUT2D eigenvalue weighted by molar-refractivity contribution is 0.428. The molecule has 0 radical (unpaired) electrons. The van der Waals surface area contributed by atoms with E-state index in [0.29, 0.717) is 11.1 Å². The van der Waals surface area contributed by atoms with Gasteiger partial charge in [0.05, 0.1) is 17.4 Å². The van der Waals surface area contributed by atoms with Gasteiger partial charge in [-0.3, -0.25) is 0 Å². The van der Waals surface area contributed by atoms with Crippen molar-refractivity contribution in [1.82, 2.24) is 14.6 Å². The lowest BCUT2D eigenvalue weighted by atomic mass is 9.86. The SMILES string of the molecule is C.[O-][S+]1c2ncc3ccc(n3n2)C2CCCCC21. The van der Waals surface area contributed by atoms with E-state index in [0.717, 1.165) is 18.4 Å². The van der Waals surface area contributed by atoms with Crippen molar-refractivity contribution in [3.05, 3.63) is 24.0 Å². The van der Waals surface area contributed by atoms with Crippen LogP contribution in [0, 0.1) is 0 Å². The summed E-state index contributed by atoms with van der Waals surface area (Å²) in [6.07, 6.45) is 6.35. The second-order valence-electron chi connectivity index (χ2n) is 4.86. The summed E-state index contributed by atoms with van der Waals surface area (Å²) in [6, 6.07) is 4.18. The average molecular weight is 263 g/mol. The quantitative estimate of drug-likeness (QED) is 0.686. The summed E-state index contributed by atoms with van der Waals surface area (Å²) in [6.45, 7) is 0. The molecule has 0 spiro atoms. The molecule has 2 aliphatic rings. The molecule has 4 nitrogen and oxygen atoms in total. The van der Waals surface area contributed by atoms with Crippen LogP contribution in [0.3, 0.4) is 0 Å². The fourth-order valence-electron chi connectivity index (χ4n) is 3.11. The monoisotopic (exact) mass is 263 g/mol. The first-order valence-electron chi connectivity index (χ1n) is 6.10. The molecule has 18 heavy (non-hydrogen) atoms. The van der Waals surface area contributed by atoms with E-state index in [1.807, 2.05) is 4.52 Å². The van der Waals surface area contributed by atoms with Crippen molar-refractivity contribution in [3.8, 4) is 0 Å². The highest BCUT2D eigenvalue weighted by Crippen LogP contribution is 2.40. The Bertz CT molecular complexity index is 583. The van der Waals surface area contributed by atoms with Crippen LogP contribution in [0.15, 0.2) is 23.5 Å². The smallest absolute Gasteiger partial charge is 0.360 e. The van der Waals surface area contributed by atoms with Crippen LogP contribution in [0.4, 0.5) is 0 Å². The highest BCUT2D eigenvalue weighted by atomic mass is 32.2. The minimum Gasteiger partial charge on any atom is -0.609 e. The zero-order valence-electron chi connectivity index (χ0n) is 9.37. The molecule has 3 atom stereocenters. The van der Waals surface area contributed by atoms with Crippen LogP contribution in [-0.4, -0.2) is 24.4 Å². The Hall–Kier alpha value is -1.07. The van der Waals surface area contributed by atoms with Gasteiger partial charge in [-0.1, -0.05) is 18.9 Å². The van der Waals surface area contributed by atoms with E-state index in [2.05, 4.69) is 22.2 Å². The lowest BCUT2D eigenvalue weighted by Gasteiger charge is -2.29. The van der Waals surface area contributed by atoms with Gasteiger partial charge < -0.3 is 4.55 Å². The number of rotatable bonds is 0. The molecule has 0 saturated heterocycles. The molecule has 1 fully saturated rings. The number of aromatic nitrogens is 3. The summed E-state index contributed by atoms with van der Waals surface area (Å²) in [4.78, 5) is 4.24. The Morgan fingerprint density at radius 1 is 1.28 bits per heavy atom. The minimum atomic E-state index is -1.04. The second kappa shape index (κ2) is 4.24. The summed E-state index contributed by atoms with van der Waals surface area (Å²) >= 11 is -1.04. The van der Waals surface area contributed by atoms with Gasteiger partial charge >= 0.3 is 5.16 Å². The van der Waals surface area contributed by atoms with Crippen LogP contribution < -0.4 is 0 Å². The lowest BCUT2D eigenvalue weighted by Crippen LogP contribution is -2.31. The van der Waals surface area contributed by atoms with Gasteiger partial charge in [0.25, 0.3) is 0 Å². The molecular formula is C13H17N3OS. The summed E-state index contributed by atoms with van der Waals surface area (Å²) in [5, 5.41) is 5.14. The normalized spacial score (nSPS) is 29.7. The highest BCUT2D eigenvalue weighted by molar-refractivity contribution is 7.91. The van der Waals surface area contributed by atoms with E-state index >= 15 is 0 Å². The molecule has 3 unspecified atom stereocenters. The van der Waals surface area contributed by atoms with Gasteiger partial charge in [0, 0.05) is 17.1 Å². The molecular weight excluding hydrogens is 246 g/mol. The van der Waals surface area contributed by atoms with Gasteiger partial charge in [-0.2, -0.15) is 4.98 Å². The first-order chi connectivity index (χ1) is 8.34. The largest absolute Gasteiger partial charge is 0.609 e. The highest BCUT2D eigenvalue weighted by Gasteiger charge is 2.41. The van der Waals surface area contributed by atoms with Crippen molar-refractivity contribution in [2.45, 2.75) is 49.4 Å². The van der Waals surface area contributed by atoms with Crippen LogP contribution in [0.2, 0.25) is 0 Å². The Balaban J connectivity index is 0.000001000. The molecule has 2 aromatic heterocycles. The number of hydrogen-bond acceptors (Lipinski definition) is 3. The van der Waals surface area contributed by atoms with E-state index in [4.69, 9.17) is 0 Å². The average Bonchev–Trinajstić information content (AvgIpc) is 2.77. The summed E-state index contributed by atoms with van der Waals surface area (Å²) < 4.78 is 14.4. The van der Waals surface area contributed by atoms with Crippen molar-refractivity contribution in [1.29, 1.82) is 0 Å². The summed E-state index contributed by atoms with van der Waals surface area (Å²) in [5.74, 6) is 0.390. The fourth-order valence-corrected chi connectivity index (χ4v) is 4.65. The first kappa shape index (κ1) is 12.0. The zero-order chi connectivity index (χ0) is 11.4. The third-order valence-corrected chi connectivity index (χ3v) is 5.61. The molecule has 4 rings (SSSR count). The molecule has 0 aromatic carbocycles. The van der Waals surface area contributed by atoms with Crippen molar-refractivity contribution in [2.24, 2.45) is 0 Å². The third-order valence-electron chi connectivity index (χ3n) is 3.94. The fraction of sp³-hybridized carbons (Fsp3) is 0.538. The number of fused-ring (bicyclic) bond motifs is 3. The summed E-state index contributed by atoms with van der Waals surface area (Å²) in [5.41, 5.74) is 2.23. The molecule has 2 aromatic rings. The molecule has 1 saturated carbocycles. The Morgan fingerprint density at radius 2 is 2.11 bits per heavy atom. The van der Waals surface area contributed by atoms with Crippen LogP contribution in [0.25, 0.3) is 5.52 Å². The van der Waals surface area contributed by atoms with Gasteiger partial charge in [0.2, 0.25) is 0 Å². The molecule has 96 valence electrons.